The summed E-state index contributed by atoms with van der Waals surface area (Å²) >= 11 is 0. The van der Waals surface area contributed by atoms with Gasteiger partial charge in [-0.1, -0.05) is 55.4 Å². The van der Waals surface area contributed by atoms with E-state index in [-0.39, 0.29) is 10.3 Å². The highest BCUT2D eigenvalue weighted by molar-refractivity contribution is 7.48. The van der Waals surface area contributed by atoms with Crippen molar-refractivity contribution in [2.45, 2.75) is 65.7 Å². The van der Waals surface area contributed by atoms with Crippen molar-refractivity contribution in [2.75, 3.05) is 0 Å². The Kier molecular flexibility index (Phi) is 4.46. The van der Waals surface area contributed by atoms with Gasteiger partial charge in [0, 0.05) is 10.3 Å². The molecule has 86 valence electrons. The van der Waals surface area contributed by atoms with E-state index < -0.39 is 7.80 Å². The Morgan fingerprint density at radius 1 is 0.786 bits per heavy atom. The normalized spacial score (nSPS) is 14.5. The molecule has 0 atom stereocenters. The molecule has 0 saturated carbocycles. The van der Waals surface area contributed by atoms with Crippen molar-refractivity contribution in [1.29, 1.82) is 0 Å². The summed E-state index contributed by atoms with van der Waals surface area (Å²) in [6, 6.07) is 0. The van der Waals surface area contributed by atoms with Gasteiger partial charge in [-0.05, 0) is 11.8 Å². The maximum absolute atomic E-state index is 12.6. The zero-order valence-electron chi connectivity index (χ0n) is 11.1. The van der Waals surface area contributed by atoms with E-state index in [0.29, 0.717) is 11.8 Å². The van der Waals surface area contributed by atoms with E-state index in [1.807, 2.05) is 0 Å². The second kappa shape index (κ2) is 4.39. The molecule has 0 saturated heterocycles. The molecule has 14 heavy (non-hydrogen) atoms. The minimum Gasteiger partial charge on any atom is -0.326 e. The molecule has 0 spiro atoms. The molecule has 1 nitrogen and oxygen atoms in total. The van der Waals surface area contributed by atoms with E-state index in [9.17, 15) is 4.57 Å². The van der Waals surface area contributed by atoms with Crippen LogP contribution in [-0.2, 0) is 4.57 Å². The summed E-state index contributed by atoms with van der Waals surface area (Å²) in [5.74, 6) is 0.957. The highest BCUT2D eigenvalue weighted by atomic mass is 31.1. The van der Waals surface area contributed by atoms with Crippen molar-refractivity contribution in [2.24, 2.45) is 11.8 Å². The minimum absolute atomic E-state index is 0.0293. The predicted octanol–water partition coefficient (Wildman–Crippen LogP) is 4.42. The van der Waals surface area contributed by atoms with E-state index >= 15 is 0 Å². The van der Waals surface area contributed by atoms with Crippen LogP contribution in [0.3, 0.4) is 0 Å². The molecular formula is C12H27OP. The van der Waals surface area contributed by atoms with Crippen molar-refractivity contribution in [1.82, 2.24) is 0 Å². The van der Waals surface area contributed by atoms with Gasteiger partial charge in [0.1, 0.15) is 0 Å². The van der Waals surface area contributed by atoms with Gasteiger partial charge in [-0.3, -0.25) is 0 Å². The molecule has 0 aromatic rings. The number of hydrogen-bond acceptors (Lipinski definition) is 1. The molecule has 0 unspecified atom stereocenters. The van der Waals surface area contributed by atoms with Gasteiger partial charge in [-0.25, -0.2) is 0 Å². The number of hydrogen-bond donors (Lipinski definition) is 0. The quantitative estimate of drug-likeness (QED) is 0.638. The first-order chi connectivity index (χ1) is 6.04. The van der Waals surface area contributed by atoms with Crippen LogP contribution in [0.5, 0.6) is 0 Å². The van der Waals surface area contributed by atoms with Gasteiger partial charge in [-0.2, -0.15) is 0 Å². The molecule has 0 rings (SSSR count). The molecule has 2 heteroatoms. The lowest BCUT2D eigenvalue weighted by Crippen LogP contribution is -2.34. The summed E-state index contributed by atoms with van der Waals surface area (Å²) in [5.41, 5.74) is 0. The van der Waals surface area contributed by atoms with Crippen molar-refractivity contribution in [3.8, 4) is 0 Å². The third kappa shape index (κ3) is 2.63. The van der Waals surface area contributed by atoms with E-state index in [0.717, 1.165) is 0 Å². The first-order valence-corrected chi connectivity index (χ1v) is 7.00. The van der Waals surface area contributed by atoms with Gasteiger partial charge in [0.05, 0.1) is 7.80 Å². The highest BCUT2D eigenvalue weighted by Gasteiger charge is 2.40. The third-order valence-electron chi connectivity index (χ3n) is 4.06. The van der Waals surface area contributed by atoms with Crippen molar-refractivity contribution in [3.05, 3.63) is 0 Å². The molecule has 0 aliphatic heterocycles. The zero-order valence-corrected chi connectivity index (χ0v) is 12.1. The molecule has 0 aromatic carbocycles. The minimum atomic E-state index is -1.59. The predicted molar refractivity (Wildman–Crippen MR) is 66.8 cm³/mol. The summed E-state index contributed by atoms with van der Waals surface area (Å²) in [6.07, 6.45) is 0. The topological polar surface area (TPSA) is 17.1 Å². The van der Waals surface area contributed by atoms with Crippen LogP contribution in [0.1, 0.15) is 55.4 Å². The fourth-order valence-electron chi connectivity index (χ4n) is 1.35. The van der Waals surface area contributed by atoms with Crippen LogP contribution in [0.15, 0.2) is 0 Å². The summed E-state index contributed by atoms with van der Waals surface area (Å²) in [4.78, 5) is 0. The molecule has 0 heterocycles. The average Bonchev–Trinajstić information content (AvgIpc) is 2.02. The van der Waals surface area contributed by atoms with Crippen molar-refractivity contribution >= 4 is 7.80 Å². The molecule has 0 aliphatic rings. The molecule has 0 fully saturated rings. The smallest absolute Gasteiger partial charge is 0.0873 e. The Hall–Kier alpha value is 0.230. The van der Waals surface area contributed by atoms with Gasteiger partial charge < -0.3 is 4.57 Å². The second-order valence-corrected chi connectivity index (χ2v) is 9.32. The number of rotatable bonds is 4. The maximum atomic E-state index is 12.6. The Morgan fingerprint density at radius 3 is 1.14 bits per heavy atom. The first kappa shape index (κ1) is 14.2. The lowest BCUT2D eigenvalue weighted by Gasteiger charge is -2.39. The van der Waals surface area contributed by atoms with Crippen LogP contribution < -0.4 is 0 Å². The summed E-state index contributed by atoms with van der Waals surface area (Å²) < 4.78 is 12.6. The van der Waals surface area contributed by atoms with Crippen molar-refractivity contribution < 1.29 is 4.57 Å². The zero-order chi connectivity index (χ0) is 11.7. The largest absolute Gasteiger partial charge is 0.326 e. The SMILES string of the molecule is CC(C)C(C)(C)[PH](=O)C(C)(C)C(C)C. The molecule has 0 bridgehead atoms. The standard InChI is InChI=1S/C12H27OP/c1-9(2)11(5,6)14(13)12(7,8)10(3)4/h9-10,14H,1-8H3. The third-order valence-corrected chi connectivity index (χ3v) is 7.55. The Morgan fingerprint density at radius 2 is 1.00 bits per heavy atom. The molecule has 0 aromatic heterocycles. The molecule has 0 N–H and O–H groups in total. The van der Waals surface area contributed by atoms with Crippen LogP contribution in [0.25, 0.3) is 0 Å². The van der Waals surface area contributed by atoms with Crippen LogP contribution in [0.4, 0.5) is 0 Å². The second-order valence-electron chi connectivity index (χ2n) is 6.08. The van der Waals surface area contributed by atoms with Crippen LogP contribution >= 0.6 is 7.80 Å². The van der Waals surface area contributed by atoms with Gasteiger partial charge in [0.15, 0.2) is 0 Å². The van der Waals surface area contributed by atoms with Gasteiger partial charge in [-0.15, -0.1) is 0 Å². The van der Waals surface area contributed by atoms with Crippen molar-refractivity contribution in [3.63, 3.8) is 0 Å². The summed E-state index contributed by atoms with van der Waals surface area (Å²) in [6.45, 7) is 17.2. The molecular weight excluding hydrogens is 191 g/mol. The fraction of sp³-hybridized carbons (Fsp3) is 1.00. The monoisotopic (exact) mass is 218 g/mol. The average molecular weight is 218 g/mol. The fourth-order valence-corrected chi connectivity index (χ4v) is 4.06. The summed E-state index contributed by atoms with van der Waals surface area (Å²) in [7, 11) is -1.59. The van der Waals surface area contributed by atoms with Crippen LogP contribution in [0, 0.1) is 11.8 Å². The highest BCUT2D eigenvalue weighted by Crippen LogP contribution is 2.55. The van der Waals surface area contributed by atoms with Gasteiger partial charge in [0.2, 0.25) is 0 Å². The Bertz CT molecular complexity index is 192. The van der Waals surface area contributed by atoms with Crippen LogP contribution in [0.2, 0.25) is 0 Å². The first-order valence-electron chi connectivity index (χ1n) is 5.59. The Balaban J connectivity index is 4.96. The molecule has 0 amide bonds. The lowest BCUT2D eigenvalue weighted by molar-refractivity contribution is 0.412. The van der Waals surface area contributed by atoms with E-state index in [1.54, 1.807) is 0 Å². The van der Waals surface area contributed by atoms with E-state index in [4.69, 9.17) is 0 Å². The maximum Gasteiger partial charge on any atom is 0.0873 e. The molecule has 0 aliphatic carbocycles. The van der Waals surface area contributed by atoms with E-state index in [2.05, 4.69) is 55.4 Å². The van der Waals surface area contributed by atoms with E-state index in [1.165, 1.54) is 0 Å². The van der Waals surface area contributed by atoms with Gasteiger partial charge >= 0.3 is 0 Å². The van der Waals surface area contributed by atoms with Crippen LogP contribution in [-0.4, -0.2) is 10.3 Å². The lowest BCUT2D eigenvalue weighted by atomic mass is 9.98. The summed E-state index contributed by atoms with van der Waals surface area (Å²) in [5, 5.41) is -0.0587. The Labute approximate surface area is 90.5 Å². The molecule has 0 radical (unpaired) electrons. The van der Waals surface area contributed by atoms with Gasteiger partial charge in [0.25, 0.3) is 0 Å².